The Morgan fingerprint density at radius 1 is 0.833 bits per heavy atom. The summed E-state index contributed by atoms with van der Waals surface area (Å²) in [5, 5.41) is 16.5. The molecule has 0 unspecified atom stereocenters. The predicted octanol–water partition coefficient (Wildman–Crippen LogP) is 0.383. The Labute approximate surface area is 120 Å². The number of hydrogen-bond acceptors (Lipinski definition) is 2. The van der Waals surface area contributed by atoms with E-state index in [1.54, 1.807) is 0 Å². The third kappa shape index (κ3) is 2.90. The summed E-state index contributed by atoms with van der Waals surface area (Å²) in [7, 11) is 1.50. The first-order chi connectivity index (χ1) is 8.86. The van der Waals surface area contributed by atoms with Crippen molar-refractivity contribution in [2.24, 2.45) is 0 Å². The molecule has 0 heterocycles. The van der Waals surface area contributed by atoms with E-state index in [4.69, 9.17) is 10.2 Å². The van der Waals surface area contributed by atoms with Gasteiger partial charge in [0.05, 0.1) is 0 Å². The predicted molar refractivity (Wildman–Crippen MR) is 66.2 cm³/mol. The Morgan fingerprint density at radius 3 is 2.17 bits per heavy atom. The van der Waals surface area contributed by atoms with Crippen LogP contribution < -0.4 is 14.1 Å². The van der Waals surface area contributed by atoms with E-state index in [-0.39, 0.29) is 0 Å². The van der Waals surface area contributed by atoms with Crippen molar-refractivity contribution in [1.82, 2.24) is 0 Å². The van der Waals surface area contributed by atoms with E-state index in [2.05, 4.69) is 62.9 Å². The normalized spacial score (nSPS) is 10.3. The second-order valence-electron chi connectivity index (χ2n) is 3.67. The van der Waals surface area contributed by atoms with Crippen molar-refractivity contribution in [3.63, 3.8) is 0 Å². The first-order valence-corrected chi connectivity index (χ1v) is 6.38. The number of benzene rings is 2. The molecule has 1 aliphatic carbocycles. The van der Waals surface area contributed by atoms with Crippen molar-refractivity contribution in [3.8, 4) is 11.1 Å². The van der Waals surface area contributed by atoms with Crippen molar-refractivity contribution in [2.75, 3.05) is 14.2 Å². The Bertz CT molecular complexity index is 510. The zero-order valence-electron chi connectivity index (χ0n) is 10.6. The molecular formula is C15H15O2Ti. The Balaban J connectivity index is 0.000000371. The molecule has 2 aromatic carbocycles. The van der Waals surface area contributed by atoms with Gasteiger partial charge in [-0.1, -0.05) is 0 Å². The summed E-state index contributed by atoms with van der Waals surface area (Å²) in [4.78, 5) is 0. The first kappa shape index (κ1) is 15.1. The zero-order valence-corrected chi connectivity index (χ0v) is 12.1. The van der Waals surface area contributed by atoms with Gasteiger partial charge in [-0.05, 0) is 0 Å². The second kappa shape index (κ2) is 7.50. The van der Waals surface area contributed by atoms with Crippen molar-refractivity contribution >= 4 is 3.87 Å². The van der Waals surface area contributed by atoms with E-state index in [9.17, 15) is 0 Å². The van der Waals surface area contributed by atoms with Crippen molar-refractivity contribution in [3.05, 3.63) is 53.6 Å². The quantitative estimate of drug-likeness (QED) is 0.557. The van der Waals surface area contributed by atoms with Gasteiger partial charge in [-0.15, -0.1) is 0 Å². The molecule has 0 spiro atoms. The van der Waals surface area contributed by atoms with Crippen LogP contribution in [0.2, 0.25) is 0 Å². The molecule has 3 rings (SSSR count). The average Bonchev–Trinajstić information content (AvgIpc) is 2.84. The summed E-state index contributed by atoms with van der Waals surface area (Å²) < 4.78 is 1.42. The molecule has 0 amide bonds. The van der Waals surface area contributed by atoms with E-state index in [0.29, 0.717) is 0 Å². The maximum absolute atomic E-state index is 8.25. The van der Waals surface area contributed by atoms with Gasteiger partial charge in [0.15, 0.2) is 0 Å². The van der Waals surface area contributed by atoms with Crippen LogP contribution in [-0.2, 0) is 26.9 Å². The summed E-state index contributed by atoms with van der Waals surface area (Å²) in [6.45, 7) is 0. The van der Waals surface area contributed by atoms with E-state index >= 15 is 0 Å². The van der Waals surface area contributed by atoms with Crippen molar-refractivity contribution < 1.29 is 30.6 Å². The summed E-state index contributed by atoms with van der Waals surface area (Å²) in [6, 6.07) is 15.3. The van der Waals surface area contributed by atoms with E-state index in [1.807, 2.05) is 0 Å². The van der Waals surface area contributed by atoms with Crippen molar-refractivity contribution in [1.29, 1.82) is 0 Å². The number of hydrogen-bond donors (Lipinski definition) is 0. The van der Waals surface area contributed by atoms with Gasteiger partial charge < -0.3 is 10.2 Å². The van der Waals surface area contributed by atoms with Crippen LogP contribution in [0.5, 0.6) is 0 Å². The molecule has 0 N–H and O–H groups in total. The molecule has 0 bridgehead atoms. The molecule has 0 radical (unpaired) electrons. The minimum absolute atomic E-state index is 0.750. The minimum atomic E-state index is 0.750. The molecule has 0 fully saturated rings. The fraction of sp³-hybridized carbons (Fsp3) is 0.200. The Kier molecular flexibility index (Phi) is 6.30. The van der Waals surface area contributed by atoms with Crippen LogP contribution in [0.3, 0.4) is 0 Å². The van der Waals surface area contributed by atoms with Crippen LogP contribution in [0, 0.1) is 0 Å². The average molecular weight is 275 g/mol. The molecule has 0 aromatic heterocycles. The van der Waals surface area contributed by atoms with E-state index < -0.39 is 0 Å². The Morgan fingerprint density at radius 2 is 1.44 bits per heavy atom. The van der Waals surface area contributed by atoms with Crippen LogP contribution in [0.25, 0.3) is 11.1 Å². The monoisotopic (exact) mass is 275 g/mol. The molecule has 1 aliphatic rings. The van der Waals surface area contributed by atoms with Gasteiger partial charge in [-0.3, -0.25) is 0 Å². The van der Waals surface area contributed by atoms with Gasteiger partial charge in [0.25, 0.3) is 0 Å². The van der Waals surface area contributed by atoms with E-state index in [0.717, 1.165) is 20.6 Å². The van der Waals surface area contributed by atoms with Gasteiger partial charge in [0.1, 0.15) is 0 Å². The molecule has 91 valence electrons. The van der Waals surface area contributed by atoms with Gasteiger partial charge in [-0.25, -0.2) is 0 Å². The zero-order chi connectivity index (χ0) is 13.5. The molecule has 0 saturated carbocycles. The summed E-state index contributed by atoms with van der Waals surface area (Å²) in [6.07, 6.45) is 1.11. The molecule has 18 heavy (non-hydrogen) atoms. The summed E-state index contributed by atoms with van der Waals surface area (Å²) in [5.41, 5.74) is 5.83. The standard InChI is InChI=1S/C13H9.2CH3O.Ti/c1-3-7-12-10(5-1)9-11-6-2-4-8-13(11)12;2*1-2;/h1-5,7-8H,9H2;2*1H3;/q;2*-1;+2. The fourth-order valence-electron chi connectivity index (χ4n) is 2.16. The first-order valence-electron chi connectivity index (χ1n) is 5.59. The maximum atomic E-state index is 8.25. The van der Waals surface area contributed by atoms with Crippen LogP contribution in [-0.4, -0.2) is 14.2 Å². The third-order valence-electron chi connectivity index (χ3n) is 2.85. The second-order valence-corrected chi connectivity index (χ2v) is 4.51. The van der Waals surface area contributed by atoms with E-state index in [1.165, 1.54) is 26.1 Å². The summed E-state index contributed by atoms with van der Waals surface area (Å²) >= 11 is 2.20. The van der Waals surface area contributed by atoms with Crippen molar-refractivity contribution in [2.45, 2.75) is 6.42 Å². The van der Waals surface area contributed by atoms with Crippen LogP contribution >= 0.6 is 0 Å². The van der Waals surface area contributed by atoms with Crippen LogP contribution in [0.15, 0.2) is 42.5 Å². The number of fused-ring (bicyclic) bond motifs is 3. The van der Waals surface area contributed by atoms with Gasteiger partial charge in [0, 0.05) is 0 Å². The van der Waals surface area contributed by atoms with Crippen LogP contribution in [0.4, 0.5) is 0 Å². The molecule has 0 aliphatic heterocycles. The third-order valence-corrected chi connectivity index (χ3v) is 3.58. The molecule has 0 atom stereocenters. The van der Waals surface area contributed by atoms with Crippen LogP contribution in [0.1, 0.15) is 11.1 Å². The topological polar surface area (TPSA) is 46.1 Å². The fourth-order valence-corrected chi connectivity index (χ4v) is 2.66. The SMILES string of the molecule is C[O-].C[O-].[Ti+2][c]1cccc2c1Cc1ccccc1-2. The van der Waals surface area contributed by atoms with Gasteiger partial charge in [0.2, 0.25) is 0 Å². The van der Waals surface area contributed by atoms with Gasteiger partial charge in [-0.2, -0.15) is 14.2 Å². The molecule has 3 heteroatoms. The Hall–Kier alpha value is -0.926. The molecule has 2 nitrogen and oxygen atoms in total. The number of rotatable bonds is 0. The van der Waals surface area contributed by atoms with Gasteiger partial charge >= 0.3 is 95.4 Å². The molecular weight excluding hydrogens is 260 g/mol. The molecule has 0 saturated heterocycles. The summed E-state index contributed by atoms with van der Waals surface area (Å²) in [5.74, 6) is 0. The molecule has 2 aromatic rings.